The number of nitrogens with zero attached hydrogens (tertiary/aromatic N) is 3. The van der Waals surface area contributed by atoms with Crippen LogP contribution in [0, 0.1) is 0 Å². The molecule has 4 nitrogen and oxygen atoms in total. The fourth-order valence-electron chi connectivity index (χ4n) is 3.69. The quantitative estimate of drug-likeness (QED) is 0.518. The molecular weight excluding hydrogens is 413 g/mol. The van der Waals surface area contributed by atoms with Gasteiger partial charge in [0.1, 0.15) is 11.5 Å². The summed E-state index contributed by atoms with van der Waals surface area (Å²) in [5.41, 5.74) is 1.58. The fourth-order valence-corrected chi connectivity index (χ4v) is 4.76. The summed E-state index contributed by atoms with van der Waals surface area (Å²) in [6.45, 7) is 2.83. The fraction of sp³-hybridized carbons (Fsp3) is 0.333. The summed E-state index contributed by atoms with van der Waals surface area (Å²) in [4.78, 5) is 20.3. The van der Waals surface area contributed by atoms with Crippen molar-refractivity contribution in [3.63, 3.8) is 0 Å². The average Bonchev–Trinajstić information content (AvgIpc) is 3.09. The Balaban J connectivity index is 1.67. The standard InChI is InChI=1S/C21H21Cl2N3OS/c1-28-14-8-11-25(12-9-14)13-18-24-20(17-7-2-3-10-26(17)18)21(27)15-5-4-6-16(22)19(15)23/h2-7,10,14H,8-9,11-13H2,1H3. The van der Waals surface area contributed by atoms with Crippen molar-refractivity contribution >= 4 is 46.3 Å². The molecule has 3 heterocycles. The first-order valence-electron chi connectivity index (χ1n) is 9.28. The molecule has 1 aliphatic rings. The molecule has 0 atom stereocenters. The Morgan fingerprint density at radius 3 is 2.71 bits per heavy atom. The third-order valence-corrected chi connectivity index (χ3v) is 7.22. The van der Waals surface area contributed by atoms with Gasteiger partial charge in [-0.25, -0.2) is 4.98 Å². The summed E-state index contributed by atoms with van der Waals surface area (Å²) in [7, 11) is 0. The molecule has 0 bridgehead atoms. The highest BCUT2D eigenvalue weighted by Gasteiger charge is 2.24. The van der Waals surface area contributed by atoms with E-state index in [0.29, 0.717) is 16.3 Å². The highest BCUT2D eigenvalue weighted by molar-refractivity contribution is 7.99. The van der Waals surface area contributed by atoms with Crippen LogP contribution in [0.4, 0.5) is 0 Å². The summed E-state index contributed by atoms with van der Waals surface area (Å²) in [5, 5.41) is 1.38. The summed E-state index contributed by atoms with van der Waals surface area (Å²) in [6, 6.07) is 10.9. The Morgan fingerprint density at radius 1 is 1.18 bits per heavy atom. The van der Waals surface area contributed by atoms with Crippen LogP contribution in [-0.2, 0) is 6.54 Å². The first-order chi connectivity index (χ1) is 13.6. The van der Waals surface area contributed by atoms with Crippen LogP contribution in [0.2, 0.25) is 10.0 Å². The lowest BCUT2D eigenvalue weighted by Crippen LogP contribution is -2.34. The van der Waals surface area contributed by atoms with Crippen molar-refractivity contribution in [2.75, 3.05) is 19.3 Å². The molecule has 0 N–H and O–H groups in total. The summed E-state index contributed by atoms with van der Waals surface area (Å²) in [5.74, 6) is 0.670. The molecule has 2 aromatic heterocycles. The molecule has 3 aromatic rings. The van der Waals surface area contributed by atoms with Crippen molar-refractivity contribution in [1.29, 1.82) is 0 Å². The van der Waals surface area contributed by atoms with Gasteiger partial charge in [-0.2, -0.15) is 11.8 Å². The number of aromatic nitrogens is 2. The molecule has 0 radical (unpaired) electrons. The largest absolute Gasteiger partial charge is 0.302 e. The van der Waals surface area contributed by atoms with E-state index in [1.54, 1.807) is 18.2 Å². The van der Waals surface area contributed by atoms with Crippen LogP contribution in [0.1, 0.15) is 34.7 Å². The van der Waals surface area contributed by atoms with Crippen LogP contribution in [0.5, 0.6) is 0 Å². The van der Waals surface area contributed by atoms with Gasteiger partial charge in [-0.05, 0) is 56.5 Å². The van der Waals surface area contributed by atoms with E-state index >= 15 is 0 Å². The number of thioether (sulfide) groups is 1. The summed E-state index contributed by atoms with van der Waals surface area (Å²) < 4.78 is 2.01. The normalized spacial score (nSPS) is 16.0. The molecule has 1 fully saturated rings. The van der Waals surface area contributed by atoms with Crippen LogP contribution in [-0.4, -0.2) is 44.7 Å². The van der Waals surface area contributed by atoms with Gasteiger partial charge in [0.25, 0.3) is 0 Å². The Morgan fingerprint density at radius 2 is 1.96 bits per heavy atom. The maximum absolute atomic E-state index is 13.2. The van der Waals surface area contributed by atoms with Crippen LogP contribution in [0.3, 0.4) is 0 Å². The average molecular weight is 434 g/mol. The van der Waals surface area contributed by atoms with E-state index in [2.05, 4.69) is 11.2 Å². The molecule has 0 spiro atoms. The zero-order valence-electron chi connectivity index (χ0n) is 15.6. The summed E-state index contributed by atoms with van der Waals surface area (Å²) >= 11 is 14.3. The number of piperidine rings is 1. The highest BCUT2D eigenvalue weighted by atomic mass is 35.5. The lowest BCUT2D eigenvalue weighted by molar-refractivity contribution is 0.103. The Hall–Kier alpha value is -1.53. The Labute approximate surface area is 178 Å². The second kappa shape index (κ2) is 8.46. The third-order valence-electron chi connectivity index (χ3n) is 5.27. The number of likely N-dealkylation sites (tertiary alicyclic amines) is 1. The van der Waals surface area contributed by atoms with Crippen LogP contribution in [0.25, 0.3) is 5.52 Å². The lowest BCUT2D eigenvalue weighted by Gasteiger charge is -2.30. The maximum Gasteiger partial charge on any atom is 0.215 e. The van der Waals surface area contributed by atoms with E-state index in [0.717, 1.165) is 36.2 Å². The predicted molar refractivity (Wildman–Crippen MR) is 117 cm³/mol. The van der Waals surface area contributed by atoms with Crippen molar-refractivity contribution in [3.8, 4) is 0 Å². The second-order valence-corrected chi connectivity index (χ2v) is 8.90. The minimum atomic E-state index is -0.205. The minimum absolute atomic E-state index is 0.205. The monoisotopic (exact) mass is 433 g/mol. The molecule has 1 aliphatic heterocycles. The molecule has 0 unspecified atom stereocenters. The number of carbonyl (C=O) groups excluding carboxylic acids is 1. The zero-order chi connectivity index (χ0) is 19.7. The summed E-state index contributed by atoms with van der Waals surface area (Å²) in [6.07, 6.45) is 6.52. The number of imidazole rings is 1. The second-order valence-electron chi connectivity index (χ2n) is 6.97. The van der Waals surface area contributed by atoms with Crippen molar-refractivity contribution in [1.82, 2.24) is 14.3 Å². The molecule has 28 heavy (non-hydrogen) atoms. The smallest absolute Gasteiger partial charge is 0.215 e. The van der Waals surface area contributed by atoms with Gasteiger partial charge in [0.15, 0.2) is 0 Å². The van der Waals surface area contributed by atoms with Crippen molar-refractivity contribution in [2.45, 2.75) is 24.6 Å². The number of fused-ring (bicyclic) bond motifs is 1. The minimum Gasteiger partial charge on any atom is -0.302 e. The van der Waals surface area contributed by atoms with Crippen molar-refractivity contribution in [2.24, 2.45) is 0 Å². The number of hydrogen-bond acceptors (Lipinski definition) is 4. The van der Waals surface area contributed by atoms with Gasteiger partial charge in [-0.15, -0.1) is 0 Å². The number of pyridine rings is 1. The molecule has 0 aliphatic carbocycles. The van der Waals surface area contributed by atoms with Gasteiger partial charge in [0.2, 0.25) is 5.78 Å². The SMILES string of the molecule is CSC1CCN(Cc2nc(C(=O)c3cccc(Cl)c3Cl)c3ccccn23)CC1. The topological polar surface area (TPSA) is 37.6 Å². The van der Waals surface area contributed by atoms with E-state index in [9.17, 15) is 4.79 Å². The molecular formula is C21H21Cl2N3OS. The molecule has 4 rings (SSSR count). The number of ketones is 1. The molecule has 146 valence electrons. The van der Waals surface area contributed by atoms with Gasteiger partial charge in [0, 0.05) is 17.0 Å². The first-order valence-corrected chi connectivity index (χ1v) is 11.3. The van der Waals surface area contributed by atoms with Gasteiger partial charge in [-0.1, -0.05) is 35.3 Å². The number of rotatable bonds is 5. The molecule has 0 amide bonds. The highest BCUT2D eigenvalue weighted by Crippen LogP contribution is 2.29. The van der Waals surface area contributed by atoms with Crippen LogP contribution >= 0.6 is 35.0 Å². The van der Waals surface area contributed by atoms with E-state index < -0.39 is 0 Å². The van der Waals surface area contributed by atoms with Crippen LogP contribution in [0.15, 0.2) is 42.6 Å². The van der Waals surface area contributed by atoms with E-state index in [-0.39, 0.29) is 10.8 Å². The van der Waals surface area contributed by atoms with E-state index in [1.807, 2.05) is 40.6 Å². The predicted octanol–water partition coefficient (Wildman–Crippen LogP) is 5.20. The number of hydrogen-bond donors (Lipinski definition) is 0. The van der Waals surface area contributed by atoms with Gasteiger partial charge in [0.05, 0.1) is 22.1 Å². The lowest BCUT2D eigenvalue weighted by atomic mass is 10.1. The first kappa shape index (κ1) is 19.8. The third kappa shape index (κ3) is 3.81. The molecule has 0 saturated carbocycles. The Bertz CT molecular complexity index is 1010. The van der Waals surface area contributed by atoms with Gasteiger partial charge >= 0.3 is 0 Å². The van der Waals surface area contributed by atoms with Gasteiger partial charge < -0.3 is 4.40 Å². The number of benzene rings is 1. The molecule has 1 aromatic carbocycles. The number of carbonyl (C=O) groups is 1. The van der Waals surface area contributed by atoms with Gasteiger partial charge in [-0.3, -0.25) is 9.69 Å². The number of halogens is 2. The molecule has 7 heteroatoms. The zero-order valence-corrected chi connectivity index (χ0v) is 17.9. The maximum atomic E-state index is 13.2. The van der Waals surface area contributed by atoms with Crippen LogP contribution < -0.4 is 0 Å². The Kier molecular flexibility index (Phi) is 5.97. The van der Waals surface area contributed by atoms with Crippen molar-refractivity contribution in [3.05, 3.63) is 69.7 Å². The van der Waals surface area contributed by atoms with Crippen molar-refractivity contribution < 1.29 is 4.79 Å². The van der Waals surface area contributed by atoms with E-state index in [1.165, 1.54) is 12.8 Å². The van der Waals surface area contributed by atoms with E-state index in [4.69, 9.17) is 28.2 Å². The molecule has 1 saturated heterocycles.